The van der Waals surface area contributed by atoms with Gasteiger partial charge in [0.05, 0.1) is 14.2 Å². The van der Waals surface area contributed by atoms with Crippen LogP contribution in [0.4, 0.5) is 0 Å². The number of nitrogens with zero attached hydrogens (tertiary/aromatic N) is 1. The van der Waals surface area contributed by atoms with Gasteiger partial charge in [0.25, 0.3) is 0 Å². The van der Waals surface area contributed by atoms with Gasteiger partial charge in [0.2, 0.25) is 0 Å². The second-order valence-corrected chi connectivity index (χ2v) is 5.25. The van der Waals surface area contributed by atoms with E-state index in [-0.39, 0.29) is 0 Å². The first kappa shape index (κ1) is 14.2. The SMILES string of the molecule is COc1ccc(CN(C)C2CCCC2N)c(OC)c1. The number of nitrogens with two attached hydrogens (primary N) is 1. The van der Waals surface area contributed by atoms with E-state index in [9.17, 15) is 0 Å². The van der Waals surface area contributed by atoms with Crippen LogP contribution < -0.4 is 15.2 Å². The minimum atomic E-state index is 0.300. The maximum absolute atomic E-state index is 6.16. The lowest BCUT2D eigenvalue weighted by Crippen LogP contribution is -2.41. The van der Waals surface area contributed by atoms with Gasteiger partial charge in [-0.3, -0.25) is 4.90 Å². The Bertz CT molecular complexity index is 423. The molecule has 0 bridgehead atoms. The molecule has 1 aliphatic rings. The molecule has 0 spiro atoms. The Hall–Kier alpha value is -1.26. The maximum Gasteiger partial charge on any atom is 0.127 e. The first-order valence-electron chi connectivity index (χ1n) is 6.82. The van der Waals surface area contributed by atoms with Crippen LogP contribution in [0.15, 0.2) is 18.2 Å². The maximum atomic E-state index is 6.16. The van der Waals surface area contributed by atoms with Crippen LogP contribution in [0.5, 0.6) is 11.5 Å². The molecule has 2 atom stereocenters. The predicted molar refractivity (Wildman–Crippen MR) is 76.6 cm³/mol. The van der Waals surface area contributed by atoms with E-state index in [1.54, 1.807) is 14.2 Å². The lowest BCUT2D eigenvalue weighted by molar-refractivity contribution is 0.217. The van der Waals surface area contributed by atoms with E-state index in [4.69, 9.17) is 15.2 Å². The van der Waals surface area contributed by atoms with Crippen LogP contribution in [0, 0.1) is 0 Å². The molecule has 1 aromatic rings. The molecule has 1 saturated carbocycles. The normalized spacial score (nSPS) is 22.8. The zero-order valence-electron chi connectivity index (χ0n) is 12.1. The van der Waals surface area contributed by atoms with Gasteiger partial charge < -0.3 is 15.2 Å². The highest BCUT2D eigenvalue weighted by atomic mass is 16.5. The second kappa shape index (κ2) is 6.26. The average Bonchev–Trinajstić information content (AvgIpc) is 2.85. The summed E-state index contributed by atoms with van der Waals surface area (Å²) in [7, 11) is 5.50. The van der Waals surface area contributed by atoms with Gasteiger partial charge in [0, 0.05) is 30.3 Å². The fourth-order valence-corrected chi connectivity index (χ4v) is 2.88. The summed E-state index contributed by atoms with van der Waals surface area (Å²) in [4.78, 5) is 2.34. The highest BCUT2D eigenvalue weighted by Crippen LogP contribution is 2.28. The molecule has 4 nitrogen and oxygen atoms in total. The van der Waals surface area contributed by atoms with Crippen molar-refractivity contribution in [3.05, 3.63) is 23.8 Å². The van der Waals surface area contributed by atoms with Gasteiger partial charge in [0.1, 0.15) is 11.5 Å². The van der Waals surface area contributed by atoms with Gasteiger partial charge in [-0.1, -0.05) is 12.5 Å². The molecule has 1 aromatic carbocycles. The van der Waals surface area contributed by atoms with E-state index >= 15 is 0 Å². The molecule has 1 fully saturated rings. The molecule has 106 valence electrons. The van der Waals surface area contributed by atoms with Crippen molar-refractivity contribution in [2.45, 2.75) is 37.9 Å². The van der Waals surface area contributed by atoms with Gasteiger partial charge >= 0.3 is 0 Å². The number of methoxy groups -OCH3 is 2. The zero-order valence-corrected chi connectivity index (χ0v) is 12.1. The van der Waals surface area contributed by atoms with Crippen LogP contribution in [0.3, 0.4) is 0 Å². The molecule has 0 aliphatic heterocycles. The Labute approximate surface area is 115 Å². The number of hydrogen-bond donors (Lipinski definition) is 1. The summed E-state index contributed by atoms with van der Waals surface area (Å²) >= 11 is 0. The lowest BCUT2D eigenvalue weighted by Gasteiger charge is -2.28. The van der Waals surface area contributed by atoms with Crippen molar-refractivity contribution in [2.75, 3.05) is 21.3 Å². The summed E-state index contributed by atoms with van der Waals surface area (Å²) in [5.74, 6) is 1.69. The fraction of sp³-hybridized carbons (Fsp3) is 0.600. The van der Waals surface area contributed by atoms with Gasteiger partial charge in [0.15, 0.2) is 0 Å². The standard InChI is InChI=1S/C15H24N2O2/c1-17(14-6-4-5-13(14)16)10-11-7-8-12(18-2)9-15(11)19-3/h7-9,13-14H,4-6,10,16H2,1-3H3. The van der Waals surface area contributed by atoms with Gasteiger partial charge in [-0.15, -0.1) is 0 Å². The summed E-state index contributed by atoms with van der Waals surface area (Å²) in [6, 6.07) is 6.74. The molecular formula is C15H24N2O2. The molecule has 1 aliphatic carbocycles. The molecule has 2 unspecified atom stereocenters. The molecular weight excluding hydrogens is 240 g/mol. The summed E-state index contributed by atoms with van der Waals surface area (Å²) in [5.41, 5.74) is 7.33. The van der Waals surface area contributed by atoms with Crippen LogP contribution in [0.2, 0.25) is 0 Å². The minimum Gasteiger partial charge on any atom is -0.497 e. The monoisotopic (exact) mass is 264 g/mol. The third kappa shape index (κ3) is 3.19. The number of benzene rings is 1. The smallest absolute Gasteiger partial charge is 0.127 e. The van der Waals surface area contributed by atoms with E-state index in [0.29, 0.717) is 12.1 Å². The Kier molecular flexibility index (Phi) is 4.66. The minimum absolute atomic E-state index is 0.300. The molecule has 2 N–H and O–H groups in total. The van der Waals surface area contributed by atoms with Crippen LogP contribution in [0.1, 0.15) is 24.8 Å². The van der Waals surface area contributed by atoms with E-state index in [1.165, 1.54) is 18.4 Å². The molecule has 4 heteroatoms. The third-order valence-electron chi connectivity index (χ3n) is 4.01. The largest absolute Gasteiger partial charge is 0.497 e. The molecule has 19 heavy (non-hydrogen) atoms. The second-order valence-electron chi connectivity index (χ2n) is 5.25. The van der Waals surface area contributed by atoms with E-state index in [0.717, 1.165) is 24.5 Å². The van der Waals surface area contributed by atoms with Crippen LogP contribution in [-0.2, 0) is 6.54 Å². The van der Waals surface area contributed by atoms with Crippen molar-refractivity contribution < 1.29 is 9.47 Å². The quantitative estimate of drug-likeness (QED) is 0.884. The average molecular weight is 264 g/mol. The van der Waals surface area contributed by atoms with Gasteiger partial charge in [-0.05, 0) is 26.0 Å². The van der Waals surface area contributed by atoms with Crippen LogP contribution in [-0.4, -0.2) is 38.3 Å². The Morgan fingerprint density at radius 3 is 2.63 bits per heavy atom. The first-order valence-corrected chi connectivity index (χ1v) is 6.82. The first-order chi connectivity index (χ1) is 9.15. The molecule has 2 rings (SSSR count). The van der Waals surface area contributed by atoms with Crippen molar-refractivity contribution in [3.8, 4) is 11.5 Å². The summed E-state index contributed by atoms with van der Waals surface area (Å²) < 4.78 is 10.7. The van der Waals surface area contributed by atoms with Gasteiger partial charge in [-0.25, -0.2) is 0 Å². The molecule has 0 heterocycles. The van der Waals surface area contributed by atoms with E-state index < -0.39 is 0 Å². The van der Waals surface area contributed by atoms with Crippen LogP contribution in [0.25, 0.3) is 0 Å². The van der Waals surface area contributed by atoms with E-state index in [2.05, 4.69) is 18.0 Å². The molecule has 0 amide bonds. The van der Waals surface area contributed by atoms with Crippen molar-refractivity contribution in [1.82, 2.24) is 4.90 Å². The molecule has 0 aromatic heterocycles. The highest BCUT2D eigenvalue weighted by Gasteiger charge is 2.27. The zero-order chi connectivity index (χ0) is 13.8. The summed E-state index contributed by atoms with van der Waals surface area (Å²) in [6.45, 7) is 0.853. The van der Waals surface area contributed by atoms with E-state index in [1.807, 2.05) is 12.1 Å². The predicted octanol–water partition coefficient (Wildman–Crippen LogP) is 2.02. The van der Waals surface area contributed by atoms with Crippen molar-refractivity contribution in [1.29, 1.82) is 0 Å². The van der Waals surface area contributed by atoms with Gasteiger partial charge in [-0.2, -0.15) is 0 Å². The number of likely N-dealkylation sites (N-methyl/N-ethyl adjacent to an activating group) is 1. The molecule has 0 radical (unpaired) electrons. The lowest BCUT2D eigenvalue weighted by atomic mass is 10.1. The van der Waals surface area contributed by atoms with Crippen LogP contribution >= 0.6 is 0 Å². The Balaban J connectivity index is 2.09. The molecule has 0 saturated heterocycles. The third-order valence-corrected chi connectivity index (χ3v) is 4.01. The van der Waals surface area contributed by atoms with Crippen molar-refractivity contribution in [3.63, 3.8) is 0 Å². The number of hydrogen-bond acceptors (Lipinski definition) is 4. The Morgan fingerprint density at radius 1 is 1.26 bits per heavy atom. The number of rotatable bonds is 5. The van der Waals surface area contributed by atoms with Crippen molar-refractivity contribution in [2.24, 2.45) is 5.73 Å². The highest BCUT2D eigenvalue weighted by molar-refractivity contribution is 5.40. The Morgan fingerprint density at radius 2 is 2.05 bits per heavy atom. The summed E-state index contributed by atoms with van der Waals surface area (Å²) in [6.07, 6.45) is 3.56. The summed E-state index contributed by atoms with van der Waals surface area (Å²) in [5, 5.41) is 0. The van der Waals surface area contributed by atoms with Crippen molar-refractivity contribution >= 4 is 0 Å². The topological polar surface area (TPSA) is 47.7 Å². The fourth-order valence-electron chi connectivity index (χ4n) is 2.88. The number of ether oxygens (including phenoxy) is 2.